The van der Waals surface area contributed by atoms with Crippen molar-refractivity contribution in [2.45, 2.75) is 6.10 Å². The van der Waals surface area contributed by atoms with Gasteiger partial charge in [0, 0.05) is 13.3 Å². The van der Waals surface area contributed by atoms with Crippen molar-refractivity contribution in [1.82, 2.24) is 4.98 Å². The minimum Gasteiger partial charge on any atom is -0.367 e. The van der Waals surface area contributed by atoms with Crippen LogP contribution in [0.25, 0.3) is 0 Å². The third kappa shape index (κ3) is 2.02. The van der Waals surface area contributed by atoms with Crippen molar-refractivity contribution in [1.29, 1.82) is 0 Å². The van der Waals surface area contributed by atoms with Crippen molar-refractivity contribution < 1.29 is 13.9 Å². The van der Waals surface area contributed by atoms with Gasteiger partial charge in [-0.2, -0.15) is 0 Å². The van der Waals surface area contributed by atoms with Crippen LogP contribution in [-0.2, 0) is 9.53 Å². The van der Waals surface area contributed by atoms with Gasteiger partial charge in [-0.25, -0.2) is 4.39 Å². The lowest BCUT2D eigenvalue weighted by Crippen LogP contribution is -2.07. The fourth-order valence-electron chi connectivity index (χ4n) is 0.865. The largest absolute Gasteiger partial charge is 0.367 e. The molecule has 0 aliphatic heterocycles. The molecule has 3 nitrogen and oxygen atoms in total. The third-order valence-corrected chi connectivity index (χ3v) is 1.81. The molecule has 0 radical (unpaired) electrons. The molecule has 5 heteroatoms. The van der Waals surface area contributed by atoms with E-state index in [2.05, 4.69) is 4.98 Å². The Kier molecular flexibility index (Phi) is 3.33. The first kappa shape index (κ1) is 10.1. The summed E-state index contributed by atoms with van der Waals surface area (Å²) in [6.45, 7) is 0. The molecule has 0 N–H and O–H groups in total. The first-order chi connectivity index (χ1) is 6.20. The van der Waals surface area contributed by atoms with E-state index in [1.807, 2.05) is 0 Å². The van der Waals surface area contributed by atoms with Crippen LogP contribution in [0, 0.1) is 5.82 Å². The van der Waals surface area contributed by atoms with Crippen LogP contribution < -0.4 is 0 Å². The number of halogens is 2. The van der Waals surface area contributed by atoms with Gasteiger partial charge in [0.05, 0.1) is 5.02 Å². The van der Waals surface area contributed by atoms with Gasteiger partial charge in [-0.1, -0.05) is 11.6 Å². The van der Waals surface area contributed by atoms with E-state index in [9.17, 15) is 9.18 Å². The smallest absolute Gasteiger partial charge is 0.166 e. The molecule has 70 valence electrons. The Morgan fingerprint density at radius 2 is 2.46 bits per heavy atom. The summed E-state index contributed by atoms with van der Waals surface area (Å²) in [5, 5.41) is -0.0751. The van der Waals surface area contributed by atoms with E-state index < -0.39 is 11.9 Å². The number of carbonyl (C=O) groups excluding carboxylic acids is 1. The summed E-state index contributed by atoms with van der Waals surface area (Å²) < 4.78 is 17.9. The molecule has 0 bridgehead atoms. The Labute approximate surface area is 79.5 Å². The van der Waals surface area contributed by atoms with Gasteiger partial charge in [-0.05, 0) is 6.07 Å². The zero-order valence-electron chi connectivity index (χ0n) is 6.83. The lowest BCUT2D eigenvalue weighted by atomic mass is 10.2. The molecule has 0 saturated heterocycles. The minimum absolute atomic E-state index is 0.0751. The summed E-state index contributed by atoms with van der Waals surface area (Å²) in [4.78, 5) is 14.1. The summed E-state index contributed by atoms with van der Waals surface area (Å²) in [5.74, 6) is -0.719. The van der Waals surface area contributed by atoms with Gasteiger partial charge in [-0.3, -0.25) is 9.78 Å². The van der Waals surface area contributed by atoms with E-state index >= 15 is 0 Å². The maximum atomic E-state index is 13.2. The highest BCUT2D eigenvalue weighted by Crippen LogP contribution is 2.21. The summed E-state index contributed by atoms with van der Waals surface area (Å²) in [6.07, 6.45) is 0.775. The summed E-state index contributed by atoms with van der Waals surface area (Å²) >= 11 is 5.49. The number of carbonyl (C=O) groups is 1. The molecule has 0 unspecified atom stereocenters. The maximum Gasteiger partial charge on any atom is 0.166 e. The molecule has 0 saturated carbocycles. The van der Waals surface area contributed by atoms with Gasteiger partial charge < -0.3 is 4.74 Å². The van der Waals surface area contributed by atoms with Gasteiger partial charge >= 0.3 is 0 Å². The second kappa shape index (κ2) is 4.30. The Balaban J connectivity index is 3.13. The van der Waals surface area contributed by atoms with E-state index in [0.29, 0.717) is 6.29 Å². The molecule has 1 atom stereocenters. The van der Waals surface area contributed by atoms with E-state index in [1.165, 1.54) is 19.4 Å². The summed E-state index contributed by atoms with van der Waals surface area (Å²) in [6, 6.07) is 1.30. The predicted molar refractivity (Wildman–Crippen MR) is 45.0 cm³/mol. The normalized spacial score (nSPS) is 12.5. The molecule has 0 fully saturated rings. The average molecular weight is 204 g/mol. The quantitative estimate of drug-likeness (QED) is 0.703. The Morgan fingerprint density at radius 1 is 1.77 bits per heavy atom. The molecule has 0 aromatic carbocycles. The fraction of sp³-hybridized carbons (Fsp3) is 0.250. The van der Waals surface area contributed by atoms with Crippen molar-refractivity contribution in [2.24, 2.45) is 0 Å². The summed E-state index contributed by atoms with van der Waals surface area (Å²) in [7, 11) is 1.29. The van der Waals surface area contributed by atoms with Gasteiger partial charge in [0.1, 0.15) is 5.69 Å². The molecule has 0 aliphatic carbocycles. The average Bonchev–Trinajstić information content (AvgIpc) is 2.14. The van der Waals surface area contributed by atoms with Gasteiger partial charge in [0.15, 0.2) is 18.2 Å². The second-order valence-electron chi connectivity index (χ2n) is 2.28. The van der Waals surface area contributed by atoms with E-state index in [4.69, 9.17) is 16.3 Å². The molecule has 0 aliphatic rings. The van der Waals surface area contributed by atoms with Gasteiger partial charge in [-0.15, -0.1) is 0 Å². The number of aldehydes is 1. The number of aromatic nitrogens is 1. The highest BCUT2D eigenvalue weighted by atomic mass is 35.5. The van der Waals surface area contributed by atoms with Crippen LogP contribution in [0.15, 0.2) is 12.3 Å². The van der Waals surface area contributed by atoms with Gasteiger partial charge in [0.2, 0.25) is 0 Å². The predicted octanol–water partition coefficient (Wildman–Crippen LogP) is 1.76. The highest BCUT2D eigenvalue weighted by Gasteiger charge is 2.17. The monoisotopic (exact) mass is 203 g/mol. The van der Waals surface area contributed by atoms with E-state index in [-0.39, 0.29) is 10.7 Å². The van der Waals surface area contributed by atoms with Crippen LogP contribution >= 0.6 is 11.6 Å². The lowest BCUT2D eigenvalue weighted by Gasteiger charge is -2.08. The first-order valence-corrected chi connectivity index (χ1v) is 3.86. The molecule has 1 aromatic heterocycles. The zero-order valence-corrected chi connectivity index (χ0v) is 7.58. The third-order valence-electron chi connectivity index (χ3n) is 1.52. The number of pyridine rings is 1. The van der Waals surface area contributed by atoms with Crippen molar-refractivity contribution >= 4 is 17.9 Å². The van der Waals surface area contributed by atoms with Crippen LogP contribution in [0.5, 0.6) is 0 Å². The fourth-order valence-corrected chi connectivity index (χ4v) is 1.02. The highest BCUT2D eigenvalue weighted by molar-refractivity contribution is 6.30. The molecule has 0 spiro atoms. The Hall–Kier alpha value is -1.000. The molecule has 0 amide bonds. The molecular weight excluding hydrogens is 197 g/mol. The maximum absolute atomic E-state index is 13.2. The van der Waals surface area contributed by atoms with E-state index in [1.54, 1.807) is 0 Å². The van der Waals surface area contributed by atoms with Crippen molar-refractivity contribution in [2.75, 3.05) is 7.11 Å². The second-order valence-corrected chi connectivity index (χ2v) is 2.69. The van der Waals surface area contributed by atoms with Crippen LogP contribution in [0.2, 0.25) is 5.02 Å². The molecule has 1 aromatic rings. The first-order valence-electron chi connectivity index (χ1n) is 3.48. The molecular formula is C8H7ClFNO2. The Bertz CT molecular complexity index is 319. The molecule has 1 heterocycles. The number of nitrogens with zero attached hydrogens (tertiary/aromatic N) is 1. The van der Waals surface area contributed by atoms with Crippen LogP contribution in [-0.4, -0.2) is 18.4 Å². The topological polar surface area (TPSA) is 39.2 Å². The number of hydrogen-bond acceptors (Lipinski definition) is 3. The molecule has 13 heavy (non-hydrogen) atoms. The van der Waals surface area contributed by atoms with Crippen molar-refractivity contribution in [3.8, 4) is 0 Å². The number of methoxy groups -OCH3 is 1. The number of ether oxygens (including phenoxy) is 1. The standard InChI is InChI=1S/C8H7ClFNO2/c1-13-6(4-12)8-7(10)5(9)2-3-11-8/h2-4,6H,1H3/t6-/m1/s1. The SMILES string of the molecule is CO[C@H](C=O)c1nccc(Cl)c1F. The van der Waals surface area contributed by atoms with Crippen molar-refractivity contribution in [3.05, 3.63) is 28.8 Å². The van der Waals surface area contributed by atoms with Crippen LogP contribution in [0.3, 0.4) is 0 Å². The minimum atomic E-state index is -1.00. The Morgan fingerprint density at radius 3 is 3.00 bits per heavy atom. The molecule has 1 rings (SSSR count). The van der Waals surface area contributed by atoms with E-state index in [0.717, 1.165) is 0 Å². The summed E-state index contributed by atoms with van der Waals surface area (Å²) in [5.41, 5.74) is -0.0926. The lowest BCUT2D eigenvalue weighted by molar-refractivity contribution is -0.117. The zero-order chi connectivity index (χ0) is 9.84. The van der Waals surface area contributed by atoms with Crippen molar-refractivity contribution in [3.63, 3.8) is 0 Å². The number of rotatable bonds is 3. The number of hydrogen-bond donors (Lipinski definition) is 0. The van der Waals surface area contributed by atoms with Gasteiger partial charge in [0.25, 0.3) is 0 Å². The van der Waals surface area contributed by atoms with Crippen LogP contribution in [0.4, 0.5) is 4.39 Å². The van der Waals surface area contributed by atoms with Crippen LogP contribution in [0.1, 0.15) is 11.8 Å².